The highest BCUT2D eigenvalue weighted by molar-refractivity contribution is 6.01. The van der Waals surface area contributed by atoms with Gasteiger partial charge in [-0.25, -0.2) is 4.98 Å². The monoisotopic (exact) mass is 236 g/mol. The van der Waals surface area contributed by atoms with Crippen LogP contribution in [0.15, 0.2) is 6.07 Å². The summed E-state index contributed by atoms with van der Waals surface area (Å²) in [6.45, 7) is 5.98. The maximum Gasteiger partial charge on any atom is 0.139 e. The first-order chi connectivity index (χ1) is 7.82. The summed E-state index contributed by atoms with van der Waals surface area (Å²) in [5.41, 5.74) is 8.03. The Bertz CT molecular complexity index is 429. The maximum atomic E-state index is 9.40. The third-order valence-corrected chi connectivity index (χ3v) is 2.49. The molecular formula is C12H20N4O. The van der Waals surface area contributed by atoms with Gasteiger partial charge in [-0.2, -0.15) is 0 Å². The number of nitrogens with two attached hydrogens (primary N) is 1. The van der Waals surface area contributed by atoms with Crippen molar-refractivity contribution >= 4 is 11.7 Å². The summed E-state index contributed by atoms with van der Waals surface area (Å²) in [5.74, 6) is 0.651. The quantitative estimate of drug-likeness (QED) is 0.533. The molecule has 0 saturated carbocycles. The Kier molecular flexibility index (Phi) is 4.07. The molecule has 0 spiro atoms. The molecule has 1 rings (SSSR count). The number of aliphatic hydroxyl groups excluding tert-OH is 1. The summed E-state index contributed by atoms with van der Waals surface area (Å²) in [6, 6.07) is 1.90. The number of aliphatic hydroxyl groups is 1. The number of aryl methyl sites for hydroxylation is 2. The van der Waals surface area contributed by atoms with Crippen LogP contribution in [0.5, 0.6) is 0 Å². The van der Waals surface area contributed by atoms with Crippen molar-refractivity contribution < 1.29 is 5.11 Å². The van der Waals surface area contributed by atoms with E-state index in [0.717, 1.165) is 11.3 Å². The summed E-state index contributed by atoms with van der Waals surface area (Å²) < 4.78 is 0. The number of nitrogens with one attached hydrogen (secondary N) is 1. The van der Waals surface area contributed by atoms with Gasteiger partial charge in [0.05, 0.1) is 11.7 Å². The van der Waals surface area contributed by atoms with Crippen molar-refractivity contribution in [3.05, 3.63) is 22.9 Å². The molecule has 1 aromatic heterocycles. The van der Waals surface area contributed by atoms with Crippen molar-refractivity contribution in [3.63, 3.8) is 0 Å². The average Bonchev–Trinajstić information content (AvgIpc) is 2.14. The molecule has 94 valence electrons. The molecule has 0 radical (unpaired) electrons. The van der Waals surface area contributed by atoms with Crippen LogP contribution in [0.25, 0.3) is 0 Å². The summed E-state index contributed by atoms with van der Waals surface area (Å²) in [7, 11) is 1.83. The van der Waals surface area contributed by atoms with E-state index in [0.29, 0.717) is 17.9 Å². The first-order valence-corrected chi connectivity index (χ1v) is 5.54. The van der Waals surface area contributed by atoms with Gasteiger partial charge < -0.3 is 15.7 Å². The predicted molar refractivity (Wildman–Crippen MR) is 69.7 cm³/mol. The third-order valence-electron chi connectivity index (χ3n) is 2.49. The molecule has 1 heterocycles. The van der Waals surface area contributed by atoms with Gasteiger partial charge in [0.15, 0.2) is 0 Å². The fourth-order valence-corrected chi connectivity index (χ4v) is 1.91. The van der Waals surface area contributed by atoms with Gasteiger partial charge in [-0.15, -0.1) is 0 Å². The minimum absolute atomic E-state index is 0.00226. The van der Waals surface area contributed by atoms with Gasteiger partial charge in [0.2, 0.25) is 0 Å². The first-order valence-electron chi connectivity index (χ1n) is 5.54. The Balaban J connectivity index is 3.25. The molecule has 0 aromatic carbocycles. The molecule has 5 nitrogen and oxygen atoms in total. The number of likely N-dealkylation sites (N-methyl/N-ethyl adjacent to an activating group) is 1. The van der Waals surface area contributed by atoms with Crippen LogP contribution in [-0.2, 0) is 0 Å². The Morgan fingerprint density at radius 3 is 2.65 bits per heavy atom. The largest absolute Gasteiger partial charge is 0.392 e. The van der Waals surface area contributed by atoms with Gasteiger partial charge in [-0.3, -0.25) is 5.41 Å². The van der Waals surface area contributed by atoms with E-state index < -0.39 is 6.10 Å². The number of rotatable bonds is 4. The van der Waals surface area contributed by atoms with Crippen LogP contribution in [-0.4, -0.2) is 35.6 Å². The lowest BCUT2D eigenvalue weighted by Gasteiger charge is -2.23. The minimum atomic E-state index is -0.456. The Morgan fingerprint density at radius 2 is 2.18 bits per heavy atom. The summed E-state index contributed by atoms with van der Waals surface area (Å²) in [6.07, 6.45) is -0.456. The number of nitrogens with zero attached hydrogens (tertiary/aromatic N) is 2. The molecule has 0 amide bonds. The second-order valence-corrected chi connectivity index (χ2v) is 4.42. The van der Waals surface area contributed by atoms with Crippen LogP contribution in [0.4, 0.5) is 5.82 Å². The molecule has 0 aliphatic heterocycles. The number of hydrogen-bond donors (Lipinski definition) is 3. The zero-order valence-electron chi connectivity index (χ0n) is 10.8. The van der Waals surface area contributed by atoms with Gasteiger partial charge in [-0.1, -0.05) is 0 Å². The molecule has 1 aromatic rings. The lowest BCUT2D eigenvalue weighted by atomic mass is 10.1. The molecule has 0 bridgehead atoms. The average molecular weight is 236 g/mol. The van der Waals surface area contributed by atoms with Crippen molar-refractivity contribution in [1.82, 2.24) is 4.98 Å². The van der Waals surface area contributed by atoms with E-state index >= 15 is 0 Å². The van der Waals surface area contributed by atoms with E-state index in [1.807, 2.05) is 31.9 Å². The van der Waals surface area contributed by atoms with Crippen molar-refractivity contribution in [2.75, 3.05) is 18.5 Å². The van der Waals surface area contributed by atoms with Gasteiger partial charge in [-0.05, 0) is 32.4 Å². The molecule has 17 heavy (non-hydrogen) atoms. The van der Waals surface area contributed by atoms with Gasteiger partial charge in [0.1, 0.15) is 11.7 Å². The summed E-state index contributed by atoms with van der Waals surface area (Å²) >= 11 is 0. The normalized spacial score (nSPS) is 12.3. The predicted octanol–water partition coefficient (Wildman–Crippen LogP) is 0.800. The van der Waals surface area contributed by atoms with Gasteiger partial charge in [0.25, 0.3) is 0 Å². The zero-order valence-corrected chi connectivity index (χ0v) is 10.8. The fourth-order valence-electron chi connectivity index (χ4n) is 1.91. The number of aromatic nitrogens is 1. The van der Waals surface area contributed by atoms with Gasteiger partial charge >= 0.3 is 0 Å². The van der Waals surface area contributed by atoms with E-state index in [2.05, 4.69) is 4.98 Å². The number of pyridine rings is 1. The molecule has 4 N–H and O–H groups in total. The van der Waals surface area contributed by atoms with E-state index in [4.69, 9.17) is 11.1 Å². The van der Waals surface area contributed by atoms with Gasteiger partial charge in [0, 0.05) is 19.3 Å². The number of hydrogen-bond acceptors (Lipinski definition) is 4. The topological polar surface area (TPSA) is 86.2 Å². The van der Waals surface area contributed by atoms with Crippen LogP contribution in [0.2, 0.25) is 0 Å². The maximum absolute atomic E-state index is 9.40. The molecule has 0 aliphatic rings. The lowest BCUT2D eigenvalue weighted by molar-refractivity contribution is 0.201. The fraction of sp³-hybridized carbons (Fsp3) is 0.500. The Hall–Kier alpha value is -1.62. The molecule has 1 atom stereocenters. The van der Waals surface area contributed by atoms with Crippen molar-refractivity contribution in [3.8, 4) is 0 Å². The molecule has 0 saturated heterocycles. The van der Waals surface area contributed by atoms with Crippen molar-refractivity contribution in [1.29, 1.82) is 5.41 Å². The minimum Gasteiger partial charge on any atom is -0.392 e. The number of anilines is 1. The molecule has 5 heteroatoms. The van der Waals surface area contributed by atoms with Crippen LogP contribution in [0.3, 0.4) is 0 Å². The van der Waals surface area contributed by atoms with E-state index in [-0.39, 0.29) is 5.84 Å². The SMILES string of the molecule is Cc1cc(C)c(C(=N)N)c(N(C)CC(C)O)n1. The highest BCUT2D eigenvalue weighted by Gasteiger charge is 2.16. The van der Waals surface area contributed by atoms with Crippen molar-refractivity contribution in [2.45, 2.75) is 26.9 Å². The summed E-state index contributed by atoms with van der Waals surface area (Å²) in [5, 5.41) is 17.0. The highest BCUT2D eigenvalue weighted by Crippen LogP contribution is 2.21. The Morgan fingerprint density at radius 1 is 1.59 bits per heavy atom. The van der Waals surface area contributed by atoms with E-state index in [1.54, 1.807) is 6.92 Å². The highest BCUT2D eigenvalue weighted by atomic mass is 16.3. The summed E-state index contributed by atoms with van der Waals surface area (Å²) in [4.78, 5) is 6.22. The van der Waals surface area contributed by atoms with Crippen LogP contribution < -0.4 is 10.6 Å². The molecular weight excluding hydrogens is 216 g/mol. The number of amidine groups is 1. The molecule has 1 unspecified atom stereocenters. The number of nitrogen functional groups attached to an aromatic ring is 1. The smallest absolute Gasteiger partial charge is 0.139 e. The standard InChI is InChI=1S/C12H20N4O/c1-7-5-8(2)15-12(10(7)11(13)14)16(4)6-9(3)17/h5,9,17H,6H2,1-4H3,(H3,13,14). The van der Waals surface area contributed by atoms with Crippen LogP contribution in [0.1, 0.15) is 23.7 Å². The van der Waals surface area contributed by atoms with Crippen LogP contribution >= 0.6 is 0 Å². The third kappa shape index (κ3) is 3.17. The second kappa shape index (κ2) is 5.14. The zero-order chi connectivity index (χ0) is 13.2. The van der Waals surface area contributed by atoms with E-state index in [9.17, 15) is 5.11 Å². The molecule has 0 fully saturated rings. The van der Waals surface area contributed by atoms with E-state index in [1.165, 1.54) is 0 Å². The lowest BCUT2D eigenvalue weighted by Crippen LogP contribution is -2.30. The second-order valence-electron chi connectivity index (χ2n) is 4.42. The first kappa shape index (κ1) is 13.4. The van der Waals surface area contributed by atoms with Crippen LogP contribution in [0, 0.1) is 19.3 Å². The van der Waals surface area contributed by atoms with Crippen molar-refractivity contribution in [2.24, 2.45) is 5.73 Å². The Labute approximate surface area is 102 Å². The molecule has 0 aliphatic carbocycles.